The van der Waals surface area contributed by atoms with Gasteiger partial charge in [-0.3, -0.25) is 9.35 Å². The van der Waals surface area contributed by atoms with Gasteiger partial charge in [-0.05, 0) is 24.3 Å². The molecule has 0 atom stereocenters. The molecule has 0 aliphatic carbocycles. The van der Waals surface area contributed by atoms with Crippen LogP contribution < -0.4 is 34.9 Å². The van der Waals surface area contributed by atoms with Gasteiger partial charge in [0.05, 0.1) is 5.75 Å². The first kappa shape index (κ1) is 16.9. The quantitative estimate of drug-likeness (QED) is 0.397. The van der Waals surface area contributed by atoms with Crippen molar-refractivity contribution in [2.24, 2.45) is 0 Å². The van der Waals surface area contributed by atoms with E-state index in [9.17, 15) is 17.6 Å². The number of carbonyl (C=O) groups excluding carboxylic acids is 1. The minimum absolute atomic E-state index is 0. The Morgan fingerprint density at radius 3 is 2.41 bits per heavy atom. The molecule has 1 amide bonds. The summed E-state index contributed by atoms with van der Waals surface area (Å²) in [6.07, 6.45) is 0. The zero-order valence-corrected chi connectivity index (χ0v) is 12.5. The summed E-state index contributed by atoms with van der Waals surface area (Å²) < 4.78 is 41.5. The summed E-state index contributed by atoms with van der Waals surface area (Å²) in [4.78, 5) is 11.1. The summed E-state index contributed by atoms with van der Waals surface area (Å²) >= 11 is 0. The molecule has 90 valence electrons. The summed E-state index contributed by atoms with van der Waals surface area (Å²) in [6.45, 7) is 0. The molecule has 5 nitrogen and oxygen atoms in total. The minimum Gasteiger partial charge on any atom is -1.00 e. The number of halogens is 1. The number of nitrogens with one attached hydrogen (secondary N) is 1. The topological polar surface area (TPSA) is 83.5 Å². The van der Waals surface area contributed by atoms with E-state index in [2.05, 4.69) is 5.32 Å². The third-order valence-corrected chi connectivity index (χ3v) is 3.39. The van der Waals surface area contributed by atoms with Crippen LogP contribution in [-0.2, 0) is 13.9 Å². The van der Waals surface area contributed by atoms with Gasteiger partial charge in [0.25, 0.3) is 0 Å². The van der Waals surface area contributed by atoms with E-state index >= 15 is 0 Å². The van der Waals surface area contributed by atoms with Crippen LogP contribution in [0.1, 0.15) is 1.43 Å². The van der Waals surface area contributed by atoms with Crippen molar-refractivity contribution in [1.29, 1.82) is 0 Å². The van der Waals surface area contributed by atoms with Crippen molar-refractivity contribution in [1.82, 2.24) is 0 Å². The van der Waals surface area contributed by atoms with Gasteiger partial charge in [-0.1, -0.05) is 0 Å². The van der Waals surface area contributed by atoms with Crippen molar-refractivity contribution in [2.75, 3.05) is 11.1 Å². The second kappa shape index (κ2) is 7.34. The van der Waals surface area contributed by atoms with Crippen molar-refractivity contribution in [3.8, 4) is 0 Å². The molecule has 2 N–H and O–H groups in total. The van der Waals surface area contributed by atoms with E-state index in [1.807, 2.05) is 0 Å². The maximum atomic E-state index is 12.5. The van der Waals surface area contributed by atoms with E-state index in [0.29, 0.717) is 5.69 Å². The van der Waals surface area contributed by atoms with Gasteiger partial charge in [0.15, 0.2) is 0 Å². The van der Waals surface area contributed by atoms with Crippen LogP contribution in [-0.4, -0.2) is 24.6 Å². The molecule has 1 aromatic carbocycles. The van der Waals surface area contributed by atoms with E-state index in [4.69, 9.17) is 4.55 Å². The third-order valence-electron chi connectivity index (χ3n) is 1.47. The van der Waals surface area contributed by atoms with E-state index in [0.717, 1.165) is 12.1 Å². The van der Waals surface area contributed by atoms with Gasteiger partial charge in [0.2, 0.25) is 5.91 Å². The molecule has 0 aromatic heterocycles. The minimum atomic E-state index is -4.22. The number of anilines is 1. The Kier molecular flexibility index (Phi) is 7.29. The molecular weight excluding hydrogens is 280 g/mol. The molecule has 0 bridgehead atoms. The van der Waals surface area contributed by atoms with Crippen LogP contribution in [0, 0.1) is 5.82 Å². The van der Waals surface area contributed by atoms with Gasteiger partial charge < -0.3 is 6.74 Å². The summed E-state index contributed by atoms with van der Waals surface area (Å²) in [5, 5.41) is 2.34. The fraction of sp³-hybridized carbons (Fsp3) is 0.125. The Labute approximate surface area is 125 Å². The number of hydrogen-bond donors (Lipinski definition) is 2. The molecule has 0 fully saturated rings. The van der Waals surface area contributed by atoms with E-state index in [-0.39, 0.29) is 41.8 Å². The van der Waals surface area contributed by atoms with Crippen molar-refractivity contribution < 1.29 is 53.1 Å². The molecule has 0 aliphatic rings. The van der Waals surface area contributed by atoms with Gasteiger partial charge in [-0.2, -0.15) is 8.42 Å². The molecular formula is C8H9FNNaO4S2. The second-order valence-electron chi connectivity index (χ2n) is 2.74. The van der Waals surface area contributed by atoms with E-state index in [1.165, 1.54) is 12.1 Å². The average molecular weight is 289 g/mol. The number of hydrogen-bond acceptors (Lipinski definition) is 4. The predicted octanol–water partition coefficient (Wildman–Crippen LogP) is -1.58. The zero-order valence-electron chi connectivity index (χ0n) is 9.88. The Morgan fingerprint density at radius 1 is 1.41 bits per heavy atom. The average Bonchev–Trinajstić information content (AvgIpc) is 2.18. The maximum absolute atomic E-state index is 12.5. The Morgan fingerprint density at radius 2 is 1.94 bits per heavy atom. The SMILES string of the molecule is O=C(CSS(=O)(=O)O)Nc1ccc(F)cc1.[H-].[Na+]. The second-order valence-corrected chi connectivity index (χ2v) is 6.10. The fourth-order valence-corrected chi connectivity index (χ4v) is 1.95. The smallest absolute Gasteiger partial charge is 1.00 e. The summed E-state index contributed by atoms with van der Waals surface area (Å²) in [5.74, 6) is -1.48. The molecule has 0 heterocycles. The van der Waals surface area contributed by atoms with Crippen LogP contribution in [0.15, 0.2) is 24.3 Å². The molecule has 0 aliphatic heterocycles. The molecule has 0 unspecified atom stereocenters. The summed E-state index contributed by atoms with van der Waals surface area (Å²) in [7, 11) is -4.12. The number of rotatable bonds is 4. The molecule has 17 heavy (non-hydrogen) atoms. The normalized spacial score (nSPS) is 10.5. The first-order chi connectivity index (χ1) is 7.37. The molecule has 9 heteroatoms. The molecule has 0 saturated heterocycles. The van der Waals surface area contributed by atoms with Crippen molar-refractivity contribution in [3.05, 3.63) is 30.1 Å². The van der Waals surface area contributed by atoms with Crippen molar-refractivity contribution in [3.63, 3.8) is 0 Å². The first-order valence-electron chi connectivity index (χ1n) is 4.04. The molecule has 0 radical (unpaired) electrons. The Hall–Kier alpha value is -0.120. The van der Waals surface area contributed by atoms with Crippen LogP contribution in [0.4, 0.5) is 10.1 Å². The van der Waals surface area contributed by atoms with E-state index in [1.54, 1.807) is 0 Å². The summed E-state index contributed by atoms with van der Waals surface area (Å²) in [5.41, 5.74) is 0.349. The van der Waals surface area contributed by atoms with E-state index < -0.39 is 26.6 Å². The number of benzene rings is 1. The molecule has 1 rings (SSSR count). The van der Waals surface area contributed by atoms with Crippen LogP contribution in [0.3, 0.4) is 0 Å². The monoisotopic (exact) mass is 289 g/mol. The van der Waals surface area contributed by atoms with Crippen LogP contribution in [0.5, 0.6) is 0 Å². The van der Waals surface area contributed by atoms with Crippen molar-refractivity contribution in [2.45, 2.75) is 0 Å². The van der Waals surface area contributed by atoms with Crippen molar-refractivity contribution >= 4 is 31.5 Å². The van der Waals surface area contributed by atoms with Gasteiger partial charge in [0.1, 0.15) is 5.82 Å². The van der Waals surface area contributed by atoms with Gasteiger partial charge in [-0.15, -0.1) is 0 Å². The molecule has 1 aromatic rings. The van der Waals surface area contributed by atoms with Gasteiger partial charge in [0, 0.05) is 16.5 Å². The molecule has 0 spiro atoms. The van der Waals surface area contributed by atoms with Crippen LogP contribution >= 0.6 is 10.8 Å². The Bertz CT molecular complexity index is 482. The fourth-order valence-electron chi connectivity index (χ4n) is 0.858. The van der Waals surface area contributed by atoms with Crippen LogP contribution in [0.25, 0.3) is 0 Å². The third kappa shape index (κ3) is 7.74. The Balaban J connectivity index is 0. The summed E-state index contributed by atoms with van der Waals surface area (Å²) in [6, 6.07) is 4.99. The molecule has 0 saturated carbocycles. The number of carbonyl (C=O) groups is 1. The predicted molar refractivity (Wildman–Crippen MR) is 60.1 cm³/mol. The van der Waals surface area contributed by atoms with Gasteiger partial charge in [-0.25, -0.2) is 4.39 Å². The number of amides is 1. The van der Waals surface area contributed by atoms with Crippen LogP contribution in [0.2, 0.25) is 0 Å². The first-order valence-corrected chi connectivity index (χ1v) is 6.98. The van der Waals surface area contributed by atoms with Gasteiger partial charge >= 0.3 is 38.7 Å². The maximum Gasteiger partial charge on any atom is 1.00 e. The standard InChI is InChI=1S/C8H8FNO4S2.Na.H/c9-6-1-3-7(4-2-6)10-8(11)5-15-16(12,13)14;;/h1-4H,5H2,(H,10,11)(H,12,13,14);;/q;+1;-1. The zero-order chi connectivity index (χ0) is 12.2. The largest absolute Gasteiger partial charge is 1.00 e.